The molecule has 140 valence electrons. The fourth-order valence-electron chi connectivity index (χ4n) is 3.01. The van der Waals surface area contributed by atoms with E-state index in [2.05, 4.69) is 15.2 Å². The molecule has 0 aliphatic carbocycles. The zero-order valence-corrected chi connectivity index (χ0v) is 15.8. The van der Waals surface area contributed by atoms with Crippen LogP contribution < -0.4 is 0 Å². The molecule has 0 bridgehead atoms. The number of hydrogen-bond acceptors (Lipinski definition) is 6. The van der Waals surface area contributed by atoms with Crippen molar-refractivity contribution in [3.8, 4) is 0 Å². The van der Waals surface area contributed by atoms with Crippen LogP contribution >= 0.6 is 0 Å². The molecule has 1 aliphatic heterocycles. The van der Waals surface area contributed by atoms with Gasteiger partial charge in [-0.15, -0.1) is 10.2 Å². The van der Waals surface area contributed by atoms with E-state index in [1.165, 1.54) is 12.5 Å². The molecule has 26 heavy (non-hydrogen) atoms. The molecule has 1 saturated heterocycles. The van der Waals surface area contributed by atoms with E-state index in [0.717, 1.165) is 0 Å². The van der Waals surface area contributed by atoms with Gasteiger partial charge in [0, 0.05) is 32.0 Å². The molecule has 1 fully saturated rings. The lowest BCUT2D eigenvalue weighted by Crippen LogP contribution is -2.62. The molecule has 0 aromatic carbocycles. The summed E-state index contributed by atoms with van der Waals surface area (Å²) in [7, 11) is 0. The van der Waals surface area contributed by atoms with Crippen molar-refractivity contribution >= 4 is 17.8 Å². The van der Waals surface area contributed by atoms with Gasteiger partial charge in [0.1, 0.15) is 11.9 Å². The average Bonchev–Trinajstić information content (AvgIpc) is 2.99. The van der Waals surface area contributed by atoms with E-state index in [-0.39, 0.29) is 12.0 Å². The van der Waals surface area contributed by atoms with Crippen molar-refractivity contribution in [2.45, 2.75) is 45.8 Å². The molecule has 2 amide bonds. The van der Waals surface area contributed by atoms with Crippen molar-refractivity contribution in [3.63, 3.8) is 0 Å². The lowest BCUT2D eigenvalue weighted by Gasteiger charge is -2.47. The van der Waals surface area contributed by atoms with Crippen LogP contribution in [0.5, 0.6) is 0 Å². The minimum Gasteiger partial charge on any atom is -0.444 e. The van der Waals surface area contributed by atoms with Crippen LogP contribution in [0.4, 0.5) is 4.79 Å². The van der Waals surface area contributed by atoms with Gasteiger partial charge in [0.05, 0.1) is 11.1 Å². The van der Waals surface area contributed by atoms with Gasteiger partial charge in [-0.05, 0) is 34.6 Å². The summed E-state index contributed by atoms with van der Waals surface area (Å²) in [5, 5.41) is 7.61. The van der Waals surface area contributed by atoms with E-state index in [4.69, 9.17) is 4.74 Å². The molecule has 0 radical (unpaired) electrons. The monoisotopic (exact) mass is 360 g/mol. The largest absolute Gasteiger partial charge is 0.444 e. The summed E-state index contributed by atoms with van der Waals surface area (Å²) in [6.45, 7) is 10.6. The van der Waals surface area contributed by atoms with Gasteiger partial charge >= 0.3 is 6.09 Å². The number of carbonyl (C=O) groups excluding carboxylic acids is 2. The number of piperazine rings is 1. The Kier molecular flexibility index (Phi) is 4.33. The minimum absolute atomic E-state index is 0.137. The summed E-state index contributed by atoms with van der Waals surface area (Å²) in [5.41, 5.74) is -0.626. The minimum atomic E-state index is -0.548. The van der Waals surface area contributed by atoms with E-state index < -0.39 is 11.1 Å². The van der Waals surface area contributed by atoms with Crippen molar-refractivity contribution in [2.75, 3.05) is 19.6 Å². The van der Waals surface area contributed by atoms with Gasteiger partial charge in [-0.2, -0.15) is 0 Å². The third-order valence-corrected chi connectivity index (χ3v) is 4.20. The quantitative estimate of drug-likeness (QED) is 0.767. The van der Waals surface area contributed by atoms with Crippen LogP contribution in [0.1, 0.15) is 45.0 Å². The lowest BCUT2D eigenvalue weighted by molar-refractivity contribution is -0.0109. The number of amides is 2. The first-order valence-corrected chi connectivity index (χ1v) is 8.52. The molecule has 0 N–H and O–H groups in total. The maximum Gasteiger partial charge on any atom is 0.410 e. The second-order valence-electron chi connectivity index (χ2n) is 8.05. The summed E-state index contributed by atoms with van der Waals surface area (Å²) >= 11 is 0. The molecule has 3 heterocycles. The normalized spacial score (nSPS) is 17.4. The predicted molar refractivity (Wildman–Crippen MR) is 93.7 cm³/mol. The molecule has 0 saturated carbocycles. The summed E-state index contributed by atoms with van der Waals surface area (Å²) in [5.74, 6) is 0.303. The van der Waals surface area contributed by atoms with Gasteiger partial charge < -0.3 is 14.5 Å². The number of rotatable bonds is 1. The van der Waals surface area contributed by atoms with E-state index in [9.17, 15) is 9.59 Å². The van der Waals surface area contributed by atoms with Gasteiger partial charge in [-0.25, -0.2) is 9.78 Å². The summed E-state index contributed by atoms with van der Waals surface area (Å²) in [4.78, 5) is 32.9. The van der Waals surface area contributed by atoms with Crippen molar-refractivity contribution < 1.29 is 14.3 Å². The van der Waals surface area contributed by atoms with Crippen LogP contribution in [-0.4, -0.2) is 72.2 Å². The Morgan fingerprint density at radius 1 is 1.23 bits per heavy atom. The molecule has 2 aromatic heterocycles. The van der Waals surface area contributed by atoms with Crippen molar-refractivity contribution in [3.05, 3.63) is 24.3 Å². The van der Waals surface area contributed by atoms with Crippen LogP contribution in [0.2, 0.25) is 0 Å². The Morgan fingerprint density at radius 3 is 2.62 bits per heavy atom. The Balaban J connectivity index is 1.75. The maximum atomic E-state index is 13.0. The molecular formula is C17H24N6O3. The number of ether oxygens (including phenoxy) is 1. The van der Waals surface area contributed by atoms with Crippen LogP contribution in [0, 0.1) is 0 Å². The number of fused-ring (bicyclic) bond motifs is 1. The van der Waals surface area contributed by atoms with Crippen molar-refractivity contribution in [1.29, 1.82) is 0 Å². The smallest absolute Gasteiger partial charge is 0.410 e. The van der Waals surface area contributed by atoms with Gasteiger partial charge in [0.15, 0.2) is 0 Å². The van der Waals surface area contributed by atoms with E-state index in [1.807, 2.05) is 34.6 Å². The van der Waals surface area contributed by atoms with Gasteiger partial charge in [-0.3, -0.25) is 9.20 Å². The first kappa shape index (κ1) is 18.1. The average molecular weight is 360 g/mol. The Labute approximate surface area is 152 Å². The molecule has 0 atom stereocenters. The Hall–Kier alpha value is -2.71. The zero-order valence-electron chi connectivity index (χ0n) is 15.8. The predicted octanol–water partition coefficient (Wildman–Crippen LogP) is 1.60. The lowest BCUT2D eigenvalue weighted by atomic mass is 9.98. The highest BCUT2D eigenvalue weighted by atomic mass is 16.6. The highest BCUT2D eigenvalue weighted by Gasteiger charge is 2.40. The molecule has 9 nitrogen and oxygen atoms in total. The van der Waals surface area contributed by atoms with Crippen LogP contribution in [0.25, 0.3) is 5.78 Å². The maximum absolute atomic E-state index is 13.0. The third-order valence-electron chi connectivity index (χ3n) is 4.20. The van der Waals surface area contributed by atoms with Crippen molar-refractivity contribution in [2.24, 2.45) is 0 Å². The SMILES string of the molecule is CC(C)(C)OC(=O)N1CCN(C(=O)c2cnc3nncn3c2)C(C)(C)C1. The fraction of sp³-hybridized carbons (Fsp3) is 0.588. The molecule has 0 unspecified atom stereocenters. The number of aromatic nitrogens is 4. The van der Waals surface area contributed by atoms with Gasteiger partial charge in [0.25, 0.3) is 11.7 Å². The standard InChI is InChI=1S/C17H24N6O3/c1-16(2,3)26-15(25)21-6-7-23(17(4,5)10-21)13(24)12-8-18-14-20-19-11-22(14)9-12/h8-9,11H,6-7,10H2,1-5H3. The number of nitrogens with zero attached hydrogens (tertiary/aromatic N) is 6. The van der Waals surface area contributed by atoms with Gasteiger partial charge in [-0.1, -0.05) is 0 Å². The summed E-state index contributed by atoms with van der Waals surface area (Å²) in [6, 6.07) is 0. The summed E-state index contributed by atoms with van der Waals surface area (Å²) < 4.78 is 7.05. The van der Waals surface area contributed by atoms with Crippen LogP contribution in [0.3, 0.4) is 0 Å². The molecule has 0 spiro atoms. The molecule has 1 aliphatic rings. The Bertz CT molecular complexity index is 838. The zero-order chi connectivity index (χ0) is 19.1. The fourth-order valence-corrected chi connectivity index (χ4v) is 3.01. The van der Waals surface area contributed by atoms with E-state index in [1.54, 1.807) is 20.4 Å². The third kappa shape index (κ3) is 3.61. The molecule has 3 rings (SSSR count). The first-order valence-electron chi connectivity index (χ1n) is 8.52. The second-order valence-corrected chi connectivity index (χ2v) is 8.05. The topological polar surface area (TPSA) is 92.9 Å². The highest BCUT2D eigenvalue weighted by Crippen LogP contribution is 2.24. The molecule has 2 aromatic rings. The van der Waals surface area contributed by atoms with Crippen LogP contribution in [0.15, 0.2) is 18.7 Å². The number of hydrogen-bond donors (Lipinski definition) is 0. The Morgan fingerprint density at radius 2 is 1.96 bits per heavy atom. The highest BCUT2D eigenvalue weighted by molar-refractivity contribution is 5.94. The van der Waals surface area contributed by atoms with E-state index >= 15 is 0 Å². The van der Waals surface area contributed by atoms with Crippen molar-refractivity contribution in [1.82, 2.24) is 29.4 Å². The summed E-state index contributed by atoms with van der Waals surface area (Å²) in [6.07, 6.45) is 4.32. The number of carbonyl (C=O) groups is 2. The molecule has 9 heteroatoms. The molecular weight excluding hydrogens is 336 g/mol. The van der Waals surface area contributed by atoms with Gasteiger partial charge in [0.2, 0.25) is 0 Å². The second kappa shape index (κ2) is 6.22. The first-order chi connectivity index (χ1) is 12.1. The van der Waals surface area contributed by atoms with Crippen LogP contribution in [-0.2, 0) is 4.74 Å². The van der Waals surface area contributed by atoms with E-state index in [0.29, 0.717) is 31.0 Å².